The van der Waals surface area contributed by atoms with Crippen LogP contribution >= 0.6 is 11.6 Å². The van der Waals surface area contributed by atoms with E-state index in [1.54, 1.807) is 19.4 Å². The average molecular weight is 210 g/mol. The second-order valence-electron chi connectivity index (χ2n) is 2.62. The van der Waals surface area contributed by atoms with Crippen molar-refractivity contribution in [2.24, 2.45) is 0 Å². The summed E-state index contributed by atoms with van der Waals surface area (Å²) in [6, 6.07) is 3.62. The van der Waals surface area contributed by atoms with Crippen LogP contribution in [0.1, 0.15) is 0 Å². The van der Waals surface area contributed by atoms with E-state index in [2.05, 4.69) is 15.3 Å². The van der Waals surface area contributed by atoms with E-state index in [9.17, 15) is 0 Å². The molecule has 0 bridgehead atoms. The van der Waals surface area contributed by atoms with Crippen molar-refractivity contribution in [3.63, 3.8) is 0 Å². The van der Waals surface area contributed by atoms with Crippen LogP contribution in [0, 0.1) is 0 Å². The molecule has 0 aromatic carbocycles. The monoisotopic (exact) mass is 209 g/mol. The Hall–Kier alpha value is -1.55. The number of hydrogen-bond donors (Lipinski definition) is 1. The molecule has 1 N–H and O–H groups in total. The van der Waals surface area contributed by atoms with Gasteiger partial charge in [0, 0.05) is 7.05 Å². The Bertz CT molecular complexity index is 428. The Morgan fingerprint density at radius 1 is 1.43 bits per heavy atom. The molecule has 2 rings (SSSR count). The highest BCUT2D eigenvalue weighted by molar-refractivity contribution is 6.32. The number of nitrogens with one attached hydrogen (secondary N) is 1. The molecule has 2 heterocycles. The summed E-state index contributed by atoms with van der Waals surface area (Å²) in [6.07, 6.45) is 2.99. The largest absolute Gasteiger partial charge is 0.463 e. The number of aromatic nitrogens is 2. The molecule has 4 nitrogen and oxygen atoms in total. The van der Waals surface area contributed by atoms with Gasteiger partial charge in [0.25, 0.3) is 0 Å². The van der Waals surface area contributed by atoms with Crippen LogP contribution in [0.4, 0.5) is 5.69 Å². The molecular formula is C9H8ClN3O. The van der Waals surface area contributed by atoms with Crippen LogP contribution in [-0.2, 0) is 0 Å². The average Bonchev–Trinajstić information content (AvgIpc) is 2.70. The summed E-state index contributed by atoms with van der Waals surface area (Å²) in [5.74, 6) is 0.665. The first-order valence-corrected chi connectivity index (χ1v) is 4.43. The summed E-state index contributed by atoms with van der Waals surface area (Å²) < 4.78 is 5.23. The van der Waals surface area contributed by atoms with E-state index < -0.39 is 0 Å². The van der Waals surface area contributed by atoms with Crippen molar-refractivity contribution in [1.29, 1.82) is 0 Å². The van der Waals surface area contributed by atoms with Crippen LogP contribution < -0.4 is 5.32 Å². The van der Waals surface area contributed by atoms with Gasteiger partial charge in [-0.05, 0) is 12.1 Å². The van der Waals surface area contributed by atoms with Crippen molar-refractivity contribution < 1.29 is 4.42 Å². The standard InChI is InChI=1S/C9H8ClN3O/c1-11-8-7(6-3-2-4-14-6)12-5-13-9(8)10/h2-5,11H,1H3. The lowest BCUT2D eigenvalue weighted by atomic mass is 10.3. The maximum atomic E-state index is 5.89. The third-order valence-electron chi connectivity index (χ3n) is 1.81. The maximum absolute atomic E-state index is 5.89. The second-order valence-corrected chi connectivity index (χ2v) is 2.97. The molecule has 0 radical (unpaired) electrons. The van der Waals surface area contributed by atoms with Crippen LogP contribution in [0.15, 0.2) is 29.1 Å². The summed E-state index contributed by atoms with van der Waals surface area (Å²) in [7, 11) is 1.76. The zero-order chi connectivity index (χ0) is 9.97. The van der Waals surface area contributed by atoms with Crippen molar-refractivity contribution in [2.75, 3.05) is 12.4 Å². The lowest BCUT2D eigenvalue weighted by molar-refractivity contribution is 0.580. The molecule has 0 fully saturated rings. The Morgan fingerprint density at radius 2 is 2.29 bits per heavy atom. The number of rotatable bonds is 2. The third-order valence-corrected chi connectivity index (χ3v) is 2.09. The Morgan fingerprint density at radius 3 is 2.93 bits per heavy atom. The van der Waals surface area contributed by atoms with Gasteiger partial charge >= 0.3 is 0 Å². The molecule has 0 aliphatic heterocycles. The lowest BCUT2D eigenvalue weighted by Crippen LogP contribution is -1.96. The fourth-order valence-corrected chi connectivity index (χ4v) is 1.41. The number of furan rings is 1. The highest BCUT2D eigenvalue weighted by Crippen LogP contribution is 2.29. The van der Waals surface area contributed by atoms with E-state index in [4.69, 9.17) is 16.0 Å². The molecule has 5 heteroatoms. The fraction of sp³-hybridized carbons (Fsp3) is 0.111. The fourth-order valence-electron chi connectivity index (χ4n) is 1.19. The predicted octanol–water partition coefficient (Wildman–Crippen LogP) is 2.43. The molecule has 2 aromatic rings. The predicted molar refractivity (Wildman–Crippen MR) is 54.3 cm³/mol. The van der Waals surface area contributed by atoms with Gasteiger partial charge in [-0.25, -0.2) is 9.97 Å². The van der Waals surface area contributed by atoms with Gasteiger partial charge in [0.1, 0.15) is 17.7 Å². The van der Waals surface area contributed by atoms with Crippen LogP contribution in [0.25, 0.3) is 11.5 Å². The van der Waals surface area contributed by atoms with Crippen molar-refractivity contribution >= 4 is 17.3 Å². The smallest absolute Gasteiger partial charge is 0.156 e. The van der Waals surface area contributed by atoms with Gasteiger partial charge in [-0.15, -0.1) is 0 Å². The first-order valence-electron chi connectivity index (χ1n) is 4.05. The summed E-state index contributed by atoms with van der Waals surface area (Å²) in [5, 5.41) is 3.32. The van der Waals surface area contributed by atoms with Gasteiger partial charge in [0.15, 0.2) is 10.9 Å². The van der Waals surface area contributed by atoms with Gasteiger partial charge in [-0.1, -0.05) is 11.6 Å². The first-order chi connectivity index (χ1) is 6.83. The van der Waals surface area contributed by atoms with Crippen LogP contribution in [-0.4, -0.2) is 17.0 Å². The van der Waals surface area contributed by atoms with Gasteiger partial charge in [-0.2, -0.15) is 0 Å². The first kappa shape index (κ1) is 9.02. The van der Waals surface area contributed by atoms with Crippen LogP contribution in [0.2, 0.25) is 5.15 Å². The van der Waals surface area contributed by atoms with Crippen LogP contribution in [0.5, 0.6) is 0 Å². The molecule has 0 aliphatic carbocycles. The number of anilines is 1. The number of hydrogen-bond acceptors (Lipinski definition) is 4. The summed E-state index contributed by atoms with van der Waals surface area (Å²) in [5.41, 5.74) is 1.33. The minimum Gasteiger partial charge on any atom is -0.463 e. The number of halogens is 1. The van der Waals surface area contributed by atoms with E-state index in [-0.39, 0.29) is 0 Å². The summed E-state index contributed by atoms with van der Waals surface area (Å²) >= 11 is 5.89. The Labute approximate surface area is 85.9 Å². The van der Waals surface area contributed by atoms with Crippen molar-refractivity contribution in [3.8, 4) is 11.5 Å². The summed E-state index contributed by atoms with van der Waals surface area (Å²) in [4.78, 5) is 7.97. The molecule has 0 amide bonds. The minimum atomic E-state index is 0.383. The Kier molecular flexibility index (Phi) is 2.37. The quantitative estimate of drug-likeness (QED) is 0.772. The van der Waals surface area contributed by atoms with E-state index in [0.717, 1.165) is 0 Å². The molecule has 0 saturated heterocycles. The van der Waals surface area contributed by atoms with Crippen molar-refractivity contribution in [3.05, 3.63) is 29.9 Å². The topological polar surface area (TPSA) is 51.0 Å². The molecule has 0 unspecified atom stereocenters. The van der Waals surface area contributed by atoms with Gasteiger partial charge in [-0.3, -0.25) is 0 Å². The van der Waals surface area contributed by atoms with Gasteiger partial charge < -0.3 is 9.73 Å². The Balaban J connectivity index is 2.58. The lowest BCUT2D eigenvalue weighted by Gasteiger charge is -2.05. The zero-order valence-electron chi connectivity index (χ0n) is 7.49. The van der Waals surface area contributed by atoms with Crippen molar-refractivity contribution in [2.45, 2.75) is 0 Å². The molecule has 72 valence electrons. The summed E-state index contributed by atoms with van der Waals surface area (Å²) in [6.45, 7) is 0. The molecule has 2 aromatic heterocycles. The van der Waals surface area contributed by atoms with Crippen LogP contribution in [0.3, 0.4) is 0 Å². The highest BCUT2D eigenvalue weighted by Gasteiger charge is 2.11. The van der Waals surface area contributed by atoms with E-state index in [0.29, 0.717) is 22.3 Å². The molecule has 0 atom stereocenters. The molecule has 0 spiro atoms. The third kappa shape index (κ3) is 1.44. The molecule has 0 aliphatic rings. The maximum Gasteiger partial charge on any atom is 0.156 e. The molecule has 14 heavy (non-hydrogen) atoms. The van der Waals surface area contributed by atoms with Crippen molar-refractivity contribution in [1.82, 2.24) is 9.97 Å². The van der Waals surface area contributed by atoms with E-state index >= 15 is 0 Å². The SMILES string of the molecule is CNc1c(Cl)ncnc1-c1ccco1. The van der Waals surface area contributed by atoms with E-state index in [1.807, 2.05) is 6.07 Å². The second kappa shape index (κ2) is 3.67. The minimum absolute atomic E-state index is 0.383. The van der Waals surface area contributed by atoms with E-state index in [1.165, 1.54) is 6.33 Å². The van der Waals surface area contributed by atoms with Gasteiger partial charge in [0.05, 0.1) is 6.26 Å². The molecular weight excluding hydrogens is 202 g/mol. The van der Waals surface area contributed by atoms with Gasteiger partial charge in [0.2, 0.25) is 0 Å². The zero-order valence-corrected chi connectivity index (χ0v) is 8.25. The normalized spacial score (nSPS) is 10.1. The number of nitrogens with zero attached hydrogens (tertiary/aromatic N) is 2. The highest BCUT2D eigenvalue weighted by atomic mass is 35.5. The molecule has 0 saturated carbocycles.